The number of thioether (sulfide) groups is 1. The summed E-state index contributed by atoms with van der Waals surface area (Å²) in [6.45, 7) is 1.90. The van der Waals surface area contributed by atoms with E-state index in [0.29, 0.717) is 5.16 Å². The van der Waals surface area contributed by atoms with Crippen molar-refractivity contribution in [1.82, 2.24) is 20.1 Å². The van der Waals surface area contributed by atoms with Crippen LogP contribution in [0.4, 0.5) is 17.6 Å². The van der Waals surface area contributed by atoms with Gasteiger partial charge in [0.05, 0.1) is 23.4 Å². The molecule has 164 valence electrons. The lowest BCUT2D eigenvalue weighted by Crippen LogP contribution is -2.25. The zero-order valence-electron chi connectivity index (χ0n) is 16.6. The Morgan fingerprint density at radius 1 is 1.13 bits per heavy atom. The summed E-state index contributed by atoms with van der Waals surface area (Å²) in [4.78, 5) is 12.3. The van der Waals surface area contributed by atoms with Gasteiger partial charge >= 0.3 is 6.18 Å². The first kappa shape index (κ1) is 22.8. The van der Waals surface area contributed by atoms with Crippen LogP contribution >= 0.6 is 11.8 Å². The first-order chi connectivity index (χ1) is 14.8. The molecule has 0 atom stereocenters. The summed E-state index contributed by atoms with van der Waals surface area (Å²) in [5, 5.41) is 11.1. The number of rotatable bonds is 8. The van der Waals surface area contributed by atoms with Crippen LogP contribution in [0, 0.1) is 5.82 Å². The lowest BCUT2D eigenvalue weighted by molar-refractivity contribution is -0.137. The summed E-state index contributed by atoms with van der Waals surface area (Å²) in [5.74, 6) is -0.370. The second-order valence-corrected chi connectivity index (χ2v) is 7.71. The third-order valence-corrected chi connectivity index (χ3v) is 5.40. The normalized spacial score (nSPS) is 11.5. The number of alkyl halides is 3. The Kier molecular flexibility index (Phi) is 7.32. The lowest BCUT2D eigenvalue weighted by atomic mass is 10.2. The number of unbranched alkanes of at least 4 members (excludes halogenated alkanes) is 1. The average Bonchev–Trinajstić information content (AvgIpc) is 3.15. The van der Waals surface area contributed by atoms with Crippen molar-refractivity contribution in [3.8, 4) is 5.69 Å². The molecule has 1 amide bonds. The van der Waals surface area contributed by atoms with Crippen molar-refractivity contribution in [2.45, 2.75) is 37.6 Å². The first-order valence-electron chi connectivity index (χ1n) is 9.58. The molecule has 0 aliphatic heterocycles. The smallest absolute Gasteiger partial charge is 0.345 e. The maximum absolute atomic E-state index is 13.8. The van der Waals surface area contributed by atoms with Crippen molar-refractivity contribution < 1.29 is 22.4 Å². The molecule has 0 unspecified atom stereocenters. The van der Waals surface area contributed by atoms with Gasteiger partial charge in [-0.25, -0.2) is 4.39 Å². The topological polar surface area (TPSA) is 59.8 Å². The van der Waals surface area contributed by atoms with Gasteiger partial charge in [0.25, 0.3) is 5.91 Å². The zero-order valence-corrected chi connectivity index (χ0v) is 17.4. The third-order valence-electron chi connectivity index (χ3n) is 4.39. The molecule has 0 radical (unpaired) electrons. The molecule has 31 heavy (non-hydrogen) atoms. The highest BCUT2D eigenvalue weighted by molar-refractivity contribution is 7.99. The second-order valence-electron chi connectivity index (χ2n) is 6.65. The number of carbonyl (C=O) groups excluding carboxylic acids is 1. The quantitative estimate of drug-likeness (QED) is 0.288. The Hall–Kier alpha value is -2.88. The van der Waals surface area contributed by atoms with E-state index in [4.69, 9.17) is 0 Å². The van der Waals surface area contributed by atoms with Gasteiger partial charge in [0.2, 0.25) is 0 Å². The molecule has 0 bridgehead atoms. The number of nitrogens with zero attached hydrogens (tertiary/aromatic N) is 3. The molecule has 0 aliphatic carbocycles. The first-order valence-corrected chi connectivity index (χ1v) is 10.6. The third kappa shape index (κ3) is 5.63. The van der Waals surface area contributed by atoms with Crippen LogP contribution in [0.5, 0.6) is 0 Å². The van der Waals surface area contributed by atoms with Crippen LogP contribution in [0.25, 0.3) is 5.69 Å². The minimum atomic E-state index is -4.50. The number of carbonyl (C=O) groups is 1. The van der Waals surface area contributed by atoms with E-state index in [-0.39, 0.29) is 23.6 Å². The molecule has 3 rings (SSSR count). The molecule has 10 heteroatoms. The van der Waals surface area contributed by atoms with Crippen molar-refractivity contribution in [3.63, 3.8) is 0 Å². The monoisotopic (exact) mass is 452 g/mol. The number of aromatic nitrogens is 3. The fourth-order valence-electron chi connectivity index (χ4n) is 2.80. The van der Waals surface area contributed by atoms with Crippen molar-refractivity contribution in [2.24, 2.45) is 0 Å². The van der Waals surface area contributed by atoms with Crippen LogP contribution in [-0.2, 0) is 12.7 Å². The zero-order chi connectivity index (χ0) is 22.4. The minimum Gasteiger partial charge on any atom is -0.345 e. The molecule has 3 aromatic rings. The lowest BCUT2D eigenvalue weighted by Gasteiger charge is -2.13. The molecule has 5 nitrogen and oxygen atoms in total. The van der Waals surface area contributed by atoms with E-state index in [0.717, 1.165) is 30.7 Å². The van der Waals surface area contributed by atoms with Gasteiger partial charge in [-0.3, -0.25) is 9.36 Å². The molecule has 1 aromatic heterocycles. The molecular weight excluding hydrogens is 432 g/mol. The molecule has 1 heterocycles. The van der Waals surface area contributed by atoms with E-state index < -0.39 is 23.5 Å². The maximum Gasteiger partial charge on any atom is 0.416 e. The van der Waals surface area contributed by atoms with Crippen LogP contribution in [0.1, 0.15) is 41.5 Å². The number of hydrogen-bond acceptors (Lipinski definition) is 4. The van der Waals surface area contributed by atoms with Gasteiger partial charge in [0, 0.05) is 5.75 Å². The molecule has 0 spiro atoms. The highest BCUT2D eigenvalue weighted by atomic mass is 32.2. The van der Waals surface area contributed by atoms with Gasteiger partial charge in [-0.15, -0.1) is 10.2 Å². The van der Waals surface area contributed by atoms with E-state index in [1.54, 1.807) is 0 Å². The maximum atomic E-state index is 13.8. The Labute approximate surface area is 180 Å². The molecule has 2 aromatic carbocycles. The van der Waals surface area contributed by atoms with E-state index in [2.05, 4.69) is 15.5 Å². The highest BCUT2D eigenvalue weighted by Crippen LogP contribution is 2.31. The van der Waals surface area contributed by atoms with Gasteiger partial charge in [0.15, 0.2) is 11.0 Å². The van der Waals surface area contributed by atoms with E-state index >= 15 is 0 Å². The average molecular weight is 452 g/mol. The fourth-order valence-corrected chi connectivity index (χ4v) is 3.85. The molecule has 0 fully saturated rings. The van der Waals surface area contributed by atoms with Crippen LogP contribution in [-0.4, -0.2) is 26.4 Å². The summed E-state index contributed by atoms with van der Waals surface area (Å²) in [6.07, 6.45) is -2.64. The Balaban J connectivity index is 1.90. The van der Waals surface area contributed by atoms with E-state index in [1.165, 1.54) is 52.7 Å². The number of halogens is 4. The SMILES string of the molecule is CCCCSc1nnc(CNC(=O)c2ccccc2F)n1-c1cccc(C(F)(F)F)c1. The summed E-state index contributed by atoms with van der Waals surface area (Å²) in [6, 6.07) is 10.3. The molecule has 1 N–H and O–H groups in total. The number of amides is 1. The fraction of sp³-hybridized carbons (Fsp3) is 0.286. The predicted octanol–water partition coefficient (Wildman–Crippen LogP) is 5.25. The van der Waals surface area contributed by atoms with Gasteiger partial charge in [0.1, 0.15) is 5.82 Å². The summed E-state index contributed by atoms with van der Waals surface area (Å²) < 4.78 is 54.9. The van der Waals surface area contributed by atoms with Crippen molar-refractivity contribution in [3.05, 3.63) is 71.3 Å². The predicted molar refractivity (Wildman–Crippen MR) is 110 cm³/mol. The van der Waals surface area contributed by atoms with Crippen LogP contribution in [0.2, 0.25) is 0 Å². The Morgan fingerprint density at radius 3 is 2.61 bits per heavy atom. The molecular formula is C21H20F4N4OS. The Morgan fingerprint density at radius 2 is 1.90 bits per heavy atom. The number of benzene rings is 2. The number of hydrogen-bond donors (Lipinski definition) is 1. The molecule has 0 saturated carbocycles. The van der Waals surface area contributed by atoms with Gasteiger partial charge in [-0.05, 0) is 36.8 Å². The summed E-state index contributed by atoms with van der Waals surface area (Å²) in [7, 11) is 0. The van der Waals surface area contributed by atoms with Crippen LogP contribution < -0.4 is 5.32 Å². The van der Waals surface area contributed by atoms with E-state index in [9.17, 15) is 22.4 Å². The minimum absolute atomic E-state index is 0.134. The molecule has 0 aliphatic rings. The second kappa shape index (κ2) is 9.95. The summed E-state index contributed by atoms with van der Waals surface area (Å²) in [5.41, 5.74) is -0.705. The Bertz CT molecular complexity index is 1050. The van der Waals surface area contributed by atoms with Gasteiger partial charge in [-0.1, -0.05) is 43.3 Å². The summed E-state index contributed by atoms with van der Waals surface area (Å²) >= 11 is 1.37. The van der Waals surface area contributed by atoms with Crippen molar-refractivity contribution >= 4 is 17.7 Å². The standard InChI is InChI=1S/C21H20F4N4OS/c1-2-3-11-31-20-28-27-18(13-26-19(30)16-9-4-5-10-17(16)22)29(20)15-8-6-7-14(12-15)21(23,24)25/h4-10,12H,2-3,11,13H2,1H3,(H,26,30). The van der Waals surface area contributed by atoms with Gasteiger partial charge < -0.3 is 5.32 Å². The van der Waals surface area contributed by atoms with Crippen molar-refractivity contribution in [2.75, 3.05) is 5.75 Å². The number of nitrogens with one attached hydrogen (secondary N) is 1. The highest BCUT2D eigenvalue weighted by Gasteiger charge is 2.31. The van der Waals surface area contributed by atoms with Crippen LogP contribution in [0.3, 0.4) is 0 Å². The van der Waals surface area contributed by atoms with E-state index in [1.807, 2.05) is 6.92 Å². The van der Waals surface area contributed by atoms with Crippen molar-refractivity contribution in [1.29, 1.82) is 0 Å². The molecule has 0 saturated heterocycles. The largest absolute Gasteiger partial charge is 0.416 e. The van der Waals surface area contributed by atoms with Gasteiger partial charge in [-0.2, -0.15) is 13.2 Å². The van der Waals surface area contributed by atoms with Crippen LogP contribution in [0.15, 0.2) is 53.7 Å².